The highest BCUT2D eigenvalue weighted by Crippen LogP contribution is 2.20. The van der Waals surface area contributed by atoms with Gasteiger partial charge in [-0.25, -0.2) is 4.98 Å². The third kappa shape index (κ3) is 3.99. The number of nitrogens with one attached hydrogen (secondary N) is 1. The standard InChI is InChI=1S/C18H22N4O2S/c1-21(2)16-15(4-3-8-19-16)18(24)22-9-5-14(6-10-22)20-17(23)13-7-11-25-12-13/h3-4,7-8,11-12,14H,5-6,9-10H2,1-2H3,(H,20,23). The first kappa shape index (κ1) is 17.4. The fourth-order valence-corrected chi connectivity index (χ4v) is 3.62. The highest BCUT2D eigenvalue weighted by Gasteiger charge is 2.26. The van der Waals surface area contributed by atoms with Crippen LogP contribution in [-0.4, -0.2) is 54.9 Å². The van der Waals surface area contributed by atoms with Gasteiger partial charge in [-0.1, -0.05) is 0 Å². The third-order valence-corrected chi connectivity index (χ3v) is 5.02. The predicted octanol–water partition coefficient (Wildman–Crippen LogP) is 2.24. The fraction of sp³-hybridized carbons (Fsp3) is 0.389. The zero-order valence-corrected chi connectivity index (χ0v) is 15.3. The summed E-state index contributed by atoms with van der Waals surface area (Å²) in [5, 5.41) is 6.80. The summed E-state index contributed by atoms with van der Waals surface area (Å²) < 4.78 is 0. The molecule has 0 aliphatic carbocycles. The van der Waals surface area contributed by atoms with Gasteiger partial charge in [0.15, 0.2) is 0 Å². The lowest BCUT2D eigenvalue weighted by molar-refractivity contribution is 0.0698. The monoisotopic (exact) mass is 358 g/mol. The number of aromatic nitrogens is 1. The van der Waals surface area contributed by atoms with E-state index in [1.54, 1.807) is 12.3 Å². The van der Waals surface area contributed by atoms with Gasteiger partial charge in [-0.3, -0.25) is 9.59 Å². The molecule has 2 amide bonds. The van der Waals surface area contributed by atoms with Crippen molar-refractivity contribution in [2.24, 2.45) is 0 Å². The van der Waals surface area contributed by atoms with Gasteiger partial charge in [-0.15, -0.1) is 0 Å². The Kier molecular flexibility index (Phi) is 5.33. The lowest BCUT2D eigenvalue weighted by atomic mass is 10.0. The molecule has 132 valence electrons. The van der Waals surface area contributed by atoms with E-state index in [0.29, 0.717) is 30.0 Å². The van der Waals surface area contributed by atoms with Crippen LogP contribution in [0.3, 0.4) is 0 Å². The first-order valence-corrected chi connectivity index (χ1v) is 9.25. The first-order valence-electron chi connectivity index (χ1n) is 8.31. The number of nitrogens with zero attached hydrogens (tertiary/aromatic N) is 3. The summed E-state index contributed by atoms with van der Waals surface area (Å²) in [5.41, 5.74) is 1.32. The number of anilines is 1. The van der Waals surface area contributed by atoms with Crippen molar-refractivity contribution in [3.8, 4) is 0 Å². The maximum Gasteiger partial charge on any atom is 0.257 e. The normalized spacial score (nSPS) is 15.0. The van der Waals surface area contributed by atoms with E-state index in [9.17, 15) is 9.59 Å². The zero-order valence-electron chi connectivity index (χ0n) is 14.4. The Morgan fingerprint density at radius 3 is 2.68 bits per heavy atom. The highest BCUT2D eigenvalue weighted by molar-refractivity contribution is 7.08. The molecule has 6 nitrogen and oxygen atoms in total. The van der Waals surface area contributed by atoms with Crippen molar-refractivity contribution in [2.45, 2.75) is 18.9 Å². The fourth-order valence-electron chi connectivity index (χ4n) is 2.98. The van der Waals surface area contributed by atoms with E-state index in [4.69, 9.17) is 0 Å². The van der Waals surface area contributed by atoms with Gasteiger partial charge in [0.25, 0.3) is 11.8 Å². The van der Waals surface area contributed by atoms with Crippen molar-refractivity contribution >= 4 is 29.0 Å². The van der Waals surface area contributed by atoms with Crippen molar-refractivity contribution in [1.29, 1.82) is 0 Å². The van der Waals surface area contributed by atoms with Crippen LogP contribution in [0.25, 0.3) is 0 Å². The van der Waals surface area contributed by atoms with Crippen molar-refractivity contribution in [2.75, 3.05) is 32.1 Å². The Balaban J connectivity index is 1.59. The number of pyridine rings is 1. The van der Waals surface area contributed by atoms with E-state index in [2.05, 4.69) is 10.3 Å². The lowest BCUT2D eigenvalue weighted by Crippen LogP contribution is -2.46. The summed E-state index contributed by atoms with van der Waals surface area (Å²) in [7, 11) is 3.76. The molecular weight excluding hydrogens is 336 g/mol. The van der Waals surface area contributed by atoms with Crippen molar-refractivity contribution in [3.05, 3.63) is 46.3 Å². The quantitative estimate of drug-likeness (QED) is 0.910. The molecule has 0 atom stereocenters. The van der Waals surface area contributed by atoms with E-state index in [1.807, 2.05) is 46.8 Å². The summed E-state index contributed by atoms with van der Waals surface area (Å²) in [5.74, 6) is 0.646. The van der Waals surface area contributed by atoms with Gasteiger partial charge in [0.05, 0.1) is 5.56 Å². The van der Waals surface area contributed by atoms with Crippen LogP contribution in [0.4, 0.5) is 5.82 Å². The van der Waals surface area contributed by atoms with E-state index in [1.165, 1.54) is 11.3 Å². The van der Waals surface area contributed by atoms with Crippen molar-refractivity contribution < 1.29 is 9.59 Å². The van der Waals surface area contributed by atoms with Gasteiger partial charge in [0.2, 0.25) is 0 Å². The molecule has 1 saturated heterocycles. The summed E-state index contributed by atoms with van der Waals surface area (Å²) in [6.45, 7) is 1.27. The Morgan fingerprint density at radius 1 is 1.28 bits per heavy atom. The Morgan fingerprint density at radius 2 is 2.04 bits per heavy atom. The smallest absolute Gasteiger partial charge is 0.257 e. The van der Waals surface area contributed by atoms with Gasteiger partial charge in [-0.2, -0.15) is 11.3 Å². The molecule has 0 saturated carbocycles. The molecule has 0 spiro atoms. The lowest BCUT2D eigenvalue weighted by Gasteiger charge is -2.33. The molecule has 7 heteroatoms. The van der Waals surface area contributed by atoms with E-state index in [-0.39, 0.29) is 17.9 Å². The minimum atomic E-state index is -0.0341. The number of likely N-dealkylation sites (tertiary alicyclic amines) is 1. The van der Waals surface area contributed by atoms with Gasteiger partial charge in [0, 0.05) is 50.4 Å². The van der Waals surface area contributed by atoms with Crippen LogP contribution in [0, 0.1) is 0 Å². The number of rotatable bonds is 4. The second-order valence-electron chi connectivity index (χ2n) is 6.32. The molecule has 1 fully saturated rings. The maximum atomic E-state index is 12.8. The van der Waals surface area contributed by atoms with E-state index in [0.717, 1.165) is 12.8 Å². The van der Waals surface area contributed by atoms with Crippen molar-refractivity contribution in [3.63, 3.8) is 0 Å². The number of hydrogen-bond donors (Lipinski definition) is 1. The molecule has 2 aromatic heterocycles. The van der Waals surface area contributed by atoms with Crippen LogP contribution in [0.1, 0.15) is 33.6 Å². The summed E-state index contributed by atoms with van der Waals surface area (Å²) in [6.07, 6.45) is 3.22. The molecule has 1 N–H and O–H groups in total. The Hall–Kier alpha value is -2.41. The Bertz CT molecular complexity index is 737. The molecule has 25 heavy (non-hydrogen) atoms. The number of piperidine rings is 1. The molecular formula is C18H22N4O2S. The first-order chi connectivity index (χ1) is 12.1. The van der Waals surface area contributed by atoms with Crippen molar-refractivity contribution in [1.82, 2.24) is 15.2 Å². The van der Waals surface area contributed by atoms with E-state index >= 15 is 0 Å². The topological polar surface area (TPSA) is 65.5 Å². The third-order valence-electron chi connectivity index (χ3n) is 4.34. The number of amides is 2. The zero-order chi connectivity index (χ0) is 17.8. The van der Waals surface area contributed by atoms with Gasteiger partial charge < -0.3 is 15.1 Å². The molecule has 3 rings (SSSR count). The Labute approximate surface area is 151 Å². The minimum absolute atomic E-state index is 0.000545. The molecule has 1 aliphatic heterocycles. The largest absolute Gasteiger partial charge is 0.362 e. The van der Waals surface area contributed by atoms with Crippen LogP contribution in [-0.2, 0) is 0 Å². The minimum Gasteiger partial charge on any atom is -0.362 e. The van der Waals surface area contributed by atoms with Gasteiger partial charge in [-0.05, 0) is 36.4 Å². The molecule has 3 heterocycles. The maximum absolute atomic E-state index is 12.8. The summed E-state index contributed by atoms with van der Waals surface area (Å²) >= 11 is 1.51. The highest BCUT2D eigenvalue weighted by atomic mass is 32.1. The molecule has 2 aromatic rings. The number of thiophene rings is 1. The number of carbonyl (C=O) groups is 2. The van der Waals surface area contributed by atoms with Crippen LogP contribution in [0.2, 0.25) is 0 Å². The number of carbonyl (C=O) groups excluding carboxylic acids is 2. The SMILES string of the molecule is CN(C)c1ncccc1C(=O)N1CCC(NC(=O)c2ccsc2)CC1. The van der Waals surface area contributed by atoms with Crippen LogP contribution in [0.5, 0.6) is 0 Å². The second-order valence-corrected chi connectivity index (χ2v) is 7.10. The molecule has 0 aromatic carbocycles. The average Bonchev–Trinajstić information content (AvgIpc) is 3.16. The van der Waals surface area contributed by atoms with Crippen LogP contribution >= 0.6 is 11.3 Å². The molecule has 0 unspecified atom stereocenters. The summed E-state index contributed by atoms with van der Waals surface area (Å²) in [4.78, 5) is 32.9. The second kappa shape index (κ2) is 7.65. The predicted molar refractivity (Wildman–Crippen MR) is 99.3 cm³/mol. The molecule has 0 bridgehead atoms. The van der Waals surface area contributed by atoms with E-state index < -0.39 is 0 Å². The average molecular weight is 358 g/mol. The molecule has 0 radical (unpaired) electrons. The van der Waals surface area contributed by atoms with Crippen LogP contribution in [0.15, 0.2) is 35.2 Å². The van der Waals surface area contributed by atoms with Gasteiger partial charge in [0.1, 0.15) is 5.82 Å². The van der Waals surface area contributed by atoms with Crippen LogP contribution < -0.4 is 10.2 Å². The molecule has 1 aliphatic rings. The number of hydrogen-bond acceptors (Lipinski definition) is 5. The van der Waals surface area contributed by atoms with Gasteiger partial charge >= 0.3 is 0 Å². The summed E-state index contributed by atoms with van der Waals surface area (Å²) in [6, 6.07) is 5.53.